The molecule has 0 saturated carbocycles. The maximum atomic E-state index is 16.4. The number of aromatic nitrogens is 3. The van der Waals surface area contributed by atoms with E-state index in [2.05, 4.69) is 19.9 Å². The number of halogens is 3. The van der Waals surface area contributed by atoms with Crippen molar-refractivity contribution in [1.29, 1.82) is 0 Å². The van der Waals surface area contributed by atoms with E-state index in [1.54, 1.807) is 17.0 Å². The minimum absolute atomic E-state index is 0.0330. The van der Waals surface area contributed by atoms with Crippen LogP contribution in [0, 0.1) is 5.82 Å². The van der Waals surface area contributed by atoms with Crippen LogP contribution < -0.4 is 21.1 Å². The summed E-state index contributed by atoms with van der Waals surface area (Å²) in [6.45, 7) is 1.81. The fourth-order valence-electron chi connectivity index (χ4n) is 5.49. The van der Waals surface area contributed by atoms with Gasteiger partial charge >= 0.3 is 6.01 Å². The number of ether oxygens (including phenoxy) is 1. The van der Waals surface area contributed by atoms with E-state index < -0.39 is 12.0 Å². The maximum absolute atomic E-state index is 16.4. The van der Waals surface area contributed by atoms with Crippen LogP contribution in [0.15, 0.2) is 24.3 Å². The molecule has 4 aromatic rings. The average molecular weight is 560 g/mol. The Balaban J connectivity index is 1.51. The molecule has 3 atom stereocenters. The number of likely N-dealkylation sites (N-methyl/N-ethyl adjacent to an activating group) is 1. The van der Waals surface area contributed by atoms with E-state index in [4.69, 9.17) is 27.8 Å². The van der Waals surface area contributed by atoms with Crippen molar-refractivity contribution in [2.24, 2.45) is 5.73 Å². The SMILES string of the molecule is CN1CCCC1COc1nc(N2C[C@H](N)C[C@H](F)C2)c2cc(Cl)c(-c3cccc4sc(N)nc34)c(F)c2n1. The number of piperidine rings is 1. The predicted molar refractivity (Wildman–Crippen MR) is 148 cm³/mol. The summed E-state index contributed by atoms with van der Waals surface area (Å²) in [4.78, 5) is 17.5. The topological polar surface area (TPSA) is 106 Å². The van der Waals surface area contributed by atoms with Gasteiger partial charge < -0.3 is 26.0 Å². The zero-order chi connectivity index (χ0) is 26.6. The Labute approximate surface area is 227 Å². The van der Waals surface area contributed by atoms with Crippen LogP contribution in [0.2, 0.25) is 5.02 Å². The maximum Gasteiger partial charge on any atom is 0.319 e. The molecule has 38 heavy (non-hydrogen) atoms. The Morgan fingerprint density at radius 2 is 2.05 bits per heavy atom. The van der Waals surface area contributed by atoms with Gasteiger partial charge in [-0.2, -0.15) is 9.97 Å². The van der Waals surface area contributed by atoms with E-state index in [0.29, 0.717) is 40.6 Å². The molecule has 200 valence electrons. The number of nitrogen functional groups attached to an aromatic ring is 1. The third-order valence-electron chi connectivity index (χ3n) is 7.35. The van der Waals surface area contributed by atoms with Crippen LogP contribution in [0.1, 0.15) is 19.3 Å². The summed E-state index contributed by atoms with van der Waals surface area (Å²) >= 11 is 8.03. The van der Waals surface area contributed by atoms with E-state index in [0.717, 1.165) is 24.1 Å². The number of benzene rings is 2. The molecule has 0 radical (unpaired) electrons. The normalized spacial score (nSPS) is 22.6. The molecule has 12 heteroatoms. The van der Waals surface area contributed by atoms with Gasteiger partial charge in [-0.1, -0.05) is 35.1 Å². The van der Waals surface area contributed by atoms with Crippen molar-refractivity contribution in [3.63, 3.8) is 0 Å². The molecule has 4 N–H and O–H groups in total. The third-order valence-corrected chi connectivity index (χ3v) is 8.50. The van der Waals surface area contributed by atoms with Gasteiger partial charge in [0.05, 0.1) is 21.8 Å². The molecule has 2 aliphatic rings. The lowest BCUT2D eigenvalue weighted by Gasteiger charge is -2.34. The molecule has 2 aromatic heterocycles. The lowest BCUT2D eigenvalue weighted by molar-refractivity contribution is 0.188. The number of rotatable bonds is 5. The summed E-state index contributed by atoms with van der Waals surface area (Å²) < 4.78 is 37.8. The fraction of sp³-hybridized carbons (Fsp3) is 0.423. The molecule has 8 nitrogen and oxygen atoms in total. The lowest BCUT2D eigenvalue weighted by atomic mass is 10.0. The number of anilines is 2. The highest BCUT2D eigenvalue weighted by Crippen LogP contribution is 2.42. The Kier molecular flexibility index (Phi) is 6.71. The number of alkyl halides is 1. The number of nitrogens with zero attached hydrogens (tertiary/aromatic N) is 5. The molecule has 2 aromatic carbocycles. The molecule has 6 rings (SSSR count). The molecule has 2 fully saturated rings. The van der Waals surface area contributed by atoms with Crippen molar-refractivity contribution in [2.75, 3.05) is 43.9 Å². The second-order valence-corrected chi connectivity index (χ2v) is 11.5. The van der Waals surface area contributed by atoms with Gasteiger partial charge in [-0.3, -0.25) is 0 Å². The van der Waals surface area contributed by atoms with Crippen LogP contribution in [0.25, 0.3) is 32.2 Å². The summed E-state index contributed by atoms with van der Waals surface area (Å²) in [6, 6.07) is 6.93. The number of likely N-dealkylation sites (tertiary alicyclic amines) is 1. The van der Waals surface area contributed by atoms with Gasteiger partial charge in [0.15, 0.2) is 10.9 Å². The summed E-state index contributed by atoms with van der Waals surface area (Å²) in [5, 5.41) is 0.912. The van der Waals surface area contributed by atoms with Crippen LogP contribution in [-0.2, 0) is 0 Å². The molecule has 4 heterocycles. The number of para-hydroxylation sites is 1. The number of thiazole rings is 1. The van der Waals surface area contributed by atoms with E-state index in [9.17, 15) is 4.39 Å². The van der Waals surface area contributed by atoms with E-state index in [1.165, 1.54) is 11.3 Å². The van der Waals surface area contributed by atoms with Crippen molar-refractivity contribution in [3.8, 4) is 17.1 Å². The number of fused-ring (bicyclic) bond motifs is 2. The van der Waals surface area contributed by atoms with Gasteiger partial charge in [0.25, 0.3) is 0 Å². The number of nitrogens with two attached hydrogens (primary N) is 2. The summed E-state index contributed by atoms with van der Waals surface area (Å²) in [6.07, 6.45) is 1.21. The zero-order valence-corrected chi connectivity index (χ0v) is 22.4. The molecule has 0 aliphatic carbocycles. The predicted octanol–water partition coefficient (Wildman–Crippen LogP) is 4.63. The highest BCUT2D eigenvalue weighted by Gasteiger charge is 2.30. The van der Waals surface area contributed by atoms with Gasteiger partial charge in [0.1, 0.15) is 24.1 Å². The summed E-state index contributed by atoms with van der Waals surface area (Å²) in [5.74, 6) is -0.276. The van der Waals surface area contributed by atoms with Crippen LogP contribution in [-0.4, -0.2) is 71.4 Å². The van der Waals surface area contributed by atoms with Crippen molar-refractivity contribution in [3.05, 3.63) is 35.1 Å². The standard InChI is InChI=1S/C26H28ClF2N7OS/c1-35-7-3-4-15(35)12-37-26-33-23-17(24(34-26)36-10-13(28)8-14(30)11-36)9-18(27)20(21(23)29)16-5-2-6-19-22(16)32-25(31)38-19/h2,5-6,9,13-15H,3-4,7-8,10-12,30H2,1H3,(H2,31,32)/t13-,14+,15?/m0/s1. The average Bonchev–Trinajstić information content (AvgIpc) is 3.46. The number of hydrogen-bond acceptors (Lipinski definition) is 9. The molecule has 2 aliphatic heterocycles. The van der Waals surface area contributed by atoms with Crippen LogP contribution in [0.5, 0.6) is 6.01 Å². The highest BCUT2D eigenvalue weighted by molar-refractivity contribution is 7.22. The van der Waals surface area contributed by atoms with Crippen LogP contribution >= 0.6 is 22.9 Å². The second kappa shape index (κ2) is 10.0. The minimum Gasteiger partial charge on any atom is -0.462 e. The molecule has 2 saturated heterocycles. The Bertz CT molecular complexity index is 1510. The van der Waals surface area contributed by atoms with Crippen molar-refractivity contribution < 1.29 is 13.5 Å². The van der Waals surface area contributed by atoms with E-state index in [-0.39, 0.29) is 47.2 Å². The largest absolute Gasteiger partial charge is 0.462 e. The van der Waals surface area contributed by atoms with Gasteiger partial charge in [0.2, 0.25) is 0 Å². The first-order chi connectivity index (χ1) is 18.3. The van der Waals surface area contributed by atoms with Gasteiger partial charge in [-0.05, 0) is 45.0 Å². The van der Waals surface area contributed by atoms with Crippen molar-refractivity contribution in [1.82, 2.24) is 19.9 Å². The smallest absolute Gasteiger partial charge is 0.319 e. The summed E-state index contributed by atoms with van der Waals surface area (Å²) in [5.41, 5.74) is 13.3. The van der Waals surface area contributed by atoms with E-state index in [1.807, 2.05) is 19.2 Å². The first kappa shape index (κ1) is 25.4. The second-order valence-electron chi connectivity index (χ2n) is 10.1. The first-order valence-corrected chi connectivity index (χ1v) is 13.8. The number of hydrogen-bond donors (Lipinski definition) is 2. The monoisotopic (exact) mass is 559 g/mol. The summed E-state index contributed by atoms with van der Waals surface area (Å²) in [7, 11) is 2.05. The molecule has 0 bridgehead atoms. The Hall–Kier alpha value is -2.86. The van der Waals surface area contributed by atoms with Crippen molar-refractivity contribution >= 4 is 55.0 Å². The minimum atomic E-state index is -1.13. The van der Waals surface area contributed by atoms with Gasteiger partial charge in [-0.25, -0.2) is 13.8 Å². The molecule has 0 spiro atoms. The van der Waals surface area contributed by atoms with Gasteiger partial charge in [-0.15, -0.1) is 0 Å². The molecule has 1 unspecified atom stereocenters. The Morgan fingerprint density at radius 1 is 1.21 bits per heavy atom. The van der Waals surface area contributed by atoms with Gasteiger partial charge in [0, 0.05) is 35.1 Å². The highest BCUT2D eigenvalue weighted by atomic mass is 35.5. The van der Waals surface area contributed by atoms with E-state index >= 15 is 4.39 Å². The third kappa shape index (κ3) is 4.61. The Morgan fingerprint density at radius 3 is 2.82 bits per heavy atom. The lowest BCUT2D eigenvalue weighted by Crippen LogP contribution is -2.48. The van der Waals surface area contributed by atoms with Crippen LogP contribution in [0.4, 0.5) is 19.7 Å². The quantitative estimate of drug-likeness (QED) is 0.364. The van der Waals surface area contributed by atoms with Crippen LogP contribution in [0.3, 0.4) is 0 Å². The van der Waals surface area contributed by atoms with Crippen molar-refractivity contribution in [2.45, 2.75) is 37.5 Å². The fourth-order valence-corrected chi connectivity index (χ4v) is 6.54. The zero-order valence-electron chi connectivity index (χ0n) is 20.8. The molecule has 0 amide bonds. The molecular weight excluding hydrogens is 532 g/mol. The molecular formula is C26H28ClF2N7OS. The first-order valence-electron chi connectivity index (χ1n) is 12.6.